The molecular formula is C18H24F3N5O2. The third-order valence-electron chi connectivity index (χ3n) is 4.27. The highest BCUT2D eigenvalue weighted by Crippen LogP contribution is 2.30. The van der Waals surface area contributed by atoms with Gasteiger partial charge in [-0.3, -0.25) is 14.7 Å². The molecule has 10 heteroatoms. The van der Waals surface area contributed by atoms with E-state index >= 15 is 0 Å². The van der Waals surface area contributed by atoms with Gasteiger partial charge in [-0.2, -0.15) is 13.2 Å². The molecule has 1 aliphatic heterocycles. The van der Waals surface area contributed by atoms with E-state index in [1.807, 2.05) is 12.1 Å². The number of halogens is 3. The largest absolute Gasteiger partial charge is 0.439 e. The van der Waals surface area contributed by atoms with E-state index in [4.69, 9.17) is 4.42 Å². The summed E-state index contributed by atoms with van der Waals surface area (Å²) >= 11 is 0. The first-order chi connectivity index (χ1) is 13.2. The summed E-state index contributed by atoms with van der Waals surface area (Å²) in [5.74, 6) is 1.54. The monoisotopic (exact) mass is 399 g/mol. The van der Waals surface area contributed by atoms with Crippen LogP contribution in [0.4, 0.5) is 13.2 Å². The van der Waals surface area contributed by atoms with Crippen molar-refractivity contribution in [2.45, 2.75) is 25.6 Å². The topological polar surface area (TPSA) is 83.3 Å². The van der Waals surface area contributed by atoms with Crippen LogP contribution in [0, 0.1) is 0 Å². The molecule has 1 fully saturated rings. The van der Waals surface area contributed by atoms with Gasteiger partial charge in [0.2, 0.25) is 12.3 Å². The predicted octanol–water partition coefficient (Wildman–Crippen LogP) is 2.17. The number of rotatable bonds is 5. The molecule has 2 aromatic rings. The molecule has 0 atom stereocenters. The summed E-state index contributed by atoms with van der Waals surface area (Å²) in [7, 11) is 0. The van der Waals surface area contributed by atoms with Gasteiger partial charge in [-0.05, 0) is 26.0 Å². The smallest absolute Gasteiger partial charge is 0.405 e. The Labute approximate surface area is 161 Å². The summed E-state index contributed by atoms with van der Waals surface area (Å²) in [4.78, 5) is 20.2. The van der Waals surface area contributed by atoms with Crippen LogP contribution in [-0.2, 0) is 10.3 Å². The molecule has 0 unspecified atom stereocenters. The molecule has 1 aliphatic rings. The maximum absolute atomic E-state index is 11.0. The normalized spacial score (nSPS) is 15.5. The zero-order chi connectivity index (χ0) is 20.6. The molecule has 7 nitrogen and oxygen atoms in total. The van der Waals surface area contributed by atoms with Gasteiger partial charge in [0.15, 0.2) is 5.76 Å². The van der Waals surface area contributed by atoms with Crippen LogP contribution in [0.15, 0.2) is 35.1 Å². The summed E-state index contributed by atoms with van der Waals surface area (Å²) in [5, 5.41) is 4.85. The van der Waals surface area contributed by atoms with Crippen LogP contribution in [0.5, 0.6) is 0 Å². The average molecular weight is 399 g/mol. The molecule has 0 spiro atoms. The van der Waals surface area contributed by atoms with Crippen LogP contribution < -0.4 is 10.6 Å². The minimum atomic E-state index is -4.29. The average Bonchev–Trinajstić information content (AvgIpc) is 3.19. The number of alkyl halides is 3. The Morgan fingerprint density at radius 2 is 2.00 bits per heavy atom. The van der Waals surface area contributed by atoms with Crippen LogP contribution in [0.25, 0.3) is 11.3 Å². The van der Waals surface area contributed by atoms with E-state index < -0.39 is 12.7 Å². The number of aromatic nitrogens is 2. The Kier molecular flexibility index (Phi) is 7.53. The molecule has 0 radical (unpaired) electrons. The fourth-order valence-corrected chi connectivity index (χ4v) is 2.72. The third-order valence-corrected chi connectivity index (χ3v) is 4.27. The number of hydrogen-bond acceptors (Lipinski definition) is 6. The van der Waals surface area contributed by atoms with Crippen molar-refractivity contribution in [1.29, 1.82) is 0 Å². The quantitative estimate of drug-likeness (QED) is 0.750. The first-order valence-corrected chi connectivity index (χ1v) is 8.80. The van der Waals surface area contributed by atoms with E-state index in [0.29, 0.717) is 0 Å². The SMILES string of the molecule is CC(C)(c1ncc(-c2cccnc2)o1)N1CCNCC1.O=CNCC(F)(F)F. The van der Waals surface area contributed by atoms with Crippen LogP contribution in [-0.4, -0.2) is 60.2 Å². The van der Waals surface area contributed by atoms with Gasteiger partial charge in [0.25, 0.3) is 0 Å². The maximum atomic E-state index is 11.0. The van der Waals surface area contributed by atoms with Gasteiger partial charge in [0.1, 0.15) is 6.54 Å². The summed E-state index contributed by atoms with van der Waals surface area (Å²) in [6.45, 7) is 7.12. The summed E-state index contributed by atoms with van der Waals surface area (Å²) in [6.07, 6.45) is 1.05. The number of carbonyl (C=O) groups excluding carboxylic acids is 1. The molecule has 2 N–H and O–H groups in total. The molecule has 0 bridgehead atoms. The summed E-state index contributed by atoms with van der Waals surface area (Å²) in [6, 6.07) is 3.88. The molecule has 1 amide bonds. The highest BCUT2D eigenvalue weighted by molar-refractivity contribution is 5.54. The van der Waals surface area contributed by atoms with E-state index in [1.54, 1.807) is 18.6 Å². The predicted molar refractivity (Wildman–Crippen MR) is 97.3 cm³/mol. The van der Waals surface area contributed by atoms with Gasteiger partial charge >= 0.3 is 6.18 Å². The van der Waals surface area contributed by atoms with Crippen LogP contribution >= 0.6 is 0 Å². The Hall–Kier alpha value is -2.46. The second-order valence-electron chi connectivity index (χ2n) is 6.68. The number of piperazine rings is 1. The van der Waals surface area contributed by atoms with Crippen molar-refractivity contribution in [2.24, 2.45) is 0 Å². The standard InChI is InChI=1S/C15H20N4O.C3H4F3NO/c1-15(2,19-8-6-16-7-9-19)14-18-11-13(20-14)12-4-3-5-17-10-12;4-3(5,6)1-7-2-8/h3-5,10-11,16H,6-9H2,1-2H3;2H,1H2,(H,7,8). The van der Waals surface area contributed by atoms with E-state index in [0.717, 1.165) is 43.4 Å². The van der Waals surface area contributed by atoms with E-state index in [-0.39, 0.29) is 11.9 Å². The number of oxazole rings is 1. The summed E-state index contributed by atoms with van der Waals surface area (Å²) in [5.41, 5.74) is 0.769. The molecule has 3 heterocycles. The Balaban J connectivity index is 0.000000300. The lowest BCUT2D eigenvalue weighted by Crippen LogP contribution is -2.51. The van der Waals surface area contributed by atoms with Crippen molar-refractivity contribution >= 4 is 6.41 Å². The van der Waals surface area contributed by atoms with Crippen LogP contribution in [0.3, 0.4) is 0 Å². The maximum Gasteiger partial charge on any atom is 0.405 e. The number of nitrogens with zero attached hydrogens (tertiary/aromatic N) is 3. The molecule has 3 rings (SSSR count). The number of pyridine rings is 1. The number of carbonyl (C=O) groups is 1. The first-order valence-electron chi connectivity index (χ1n) is 8.80. The molecule has 154 valence electrons. The highest BCUT2D eigenvalue weighted by atomic mass is 19.4. The zero-order valence-corrected chi connectivity index (χ0v) is 15.8. The van der Waals surface area contributed by atoms with Crippen molar-refractivity contribution < 1.29 is 22.4 Å². The van der Waals surface area contributed by atoms with Crippen molar-refractivity contribution in [3.8, 4) is 11.3 Å². The van der Waals surface area contributed by atoms with Crippen LogP contribution in [0.2, 0.25) is 0 Å². The fraction of sp³-hybridized carbons (Fsp3) is 0.500. The lowest BCUT2D eigenvalue weighted by Gasteiger charge is -2.38. The van der Waals surface area contributed by atoms with E-state index in [9.17, 15) is 18.0 Å². The Morgan fingerprint density at radius 3 is 2.54 bits per heavy atom. The van der Waals surface area contributed by atoms with Gasteiger partial charge in [-0.15, -0.1) is 0 Å². The van der Waals surface area contributed by atoms with E-state index in [1.165, 1.54) is 5.32 Å². The van der Waals surface area contributed by atoms with Gasteiger partial charge in [-0.25, -0.2) is 4.98 Å². The minimum absolute atomic E-state index is 0.00743. The lowest BCUT2D eigenvalue weighted by atomic mass is 10.0. The fourth-order valence-electron chi connectivity index (χ4n) is 2.72. The molecule has 1 saturated heterocycles. The first kappa shape index (κ1) is 21.8. The number of nitrogens with one attached hydrogen (secondary N) is 2. The molecular weight excluding hydrogens is 375 g/mol. The number of hydrogen-bond donors (Lipinski definition) is 2. The van der Waals surface area contributed by atoms with Gasteiger partial charge in [0.05, 0.1) is 11.7 Å². The lowest BCUT2D eigenvalue weighted by molar-refractivity contribution is -0.132. The van der Waals surface area contributed by atoms with Crippen molar-refractivity contribution in [1.82, 2.24) is 25.5 Å². The molecule has 0 saturated carbocycles. The minimum Gasteiger partial charge on any atom is -0.439 e. The van der Waals surface area contributed by atoms with Crippen molar-refractivity contribution in [2.75, 3.05) is 32.7 Å². The van der Waals surface area contributed by atoms with Gasteiger partial charge in [0, 0.05) is 44.1 Å². The Morgan fingerprint density at radius 1 is 1.29 bits per heavy atom. The zero-order valence-electron chi connectivity index (χ0n) is 15.8. The van der Waals surface area contributed by atoms with E-state index in [2.05, 4.69) is 34.0 Å². The van der Waals surface area contributed by atoms with Crippen molar-refractivity contribution in [3.05, 3.63) is 36.6 Å². The number of amides is 1. The molecule has 28 heavy (non-hydrogen) atoms. The summed E-state index contributed by atoms with van der Waals surface area (Å²) < 4.78 is 39.0. The van der Waals surface area contributed by atoms with Gasteiger partial charge in [-0.1, -0.05) is 0 Å². The van der Waals surface area contributed by atoms with Crippen molar-refractivity contribution in [3.63, 3.8) is 0 Å². The molecule has 0 aliphatic carbocycles. The third kappa shape index (κ3) is 6.31. The second-order valence-corrected chi connectivity index (χ2v) is 6.68. The van der Waals surface area contributed by atoms with Crippen LogP contribution in [0.1, 0.15) is 19.7 Å². The molecule has 0 aromatic carbocycles. The van der Waals surface area contributed by atoms with Gasteiger partial charge < -0.3 is 15.1 Å². The Bertz CT molecular complexity index is 728. The highest BCUT2D eigenvalue weighted by Gasteiger charge is 2.34. The molecule has 2 aromatic heterocycles. The second kappa shape index (κ2) is 9.65.